The van der Waals surface area contributed by atoms with Crippen LogP contribution >= 0.6 is 0 Å². The second-order valence-corrected chi connectivity index (χ2v) is 31.8. The van der Waals surface area contributed by atoms with Crippen molar-refractivity contribution >= 4 is 72.2 Å². The first-order chi connectivity index (χ1) is 44.3. The molecule has 0 fully saturated rings. The van der Waals surface area contributed by atoms with Crippen LogP contribution in [0, 0.1) is 25.4 Å². The zero-order chi connectivity index (χ0) is 66.9. The molecule has 4 heterocycles. The first kappa shape index (κ1) is 66.3. The number of hydrogen-bond acceptors (Lipinski definition) is 5. The van der Waals surface area contributed by atoms with E-state index in [-0.39, 0.29) is 60.0 Å². The largest absolute Gasteiger partial charge is 0.509 e. The molecular weight excluding hydrogens is 1340 g/mol. The van der Waals surface area contributed by atoms with Crippen molar-refractivity contribution in [3.05, 3.63) is 239 Å². The maximum Gasteiger partial charge on any atom is 0.229 e. The second kappa shape index (κ2) is 24.2. The van der Waals surface area contributed by atoms with Crippen molar-refractivity contribution < 1.29 is 30.2 Å². The van der Waals surface area contributed by atoms with Gasteiger partial charge in [0.1, 0.15) is 17.0 Å². The number of rotatable bonds is 10. The molecule has 7 nitrogen and oxygen atoms in total. The summed E-state index contributed by atoms with van der Waals surface area (Å²) in [7, 11) is 0. The predicted molar refractivity (Wildman–Crippen MR) is 396 cm³/mol. The molecule has 1 aliphatic rings. The molecule has 8 heteroatoms. The van der Waals surface area contributed by atoms with E-state index in [2.05, 4.69) is 309 Å². The summed E-state index contributed by atoms with van der Waals surface area (Å²) in [5.74, 6) is 2.29. The third kappa shape index (κ3) is 12.2. The molecule has 3 aromatic heterocycles. The van der Waals surface area contributed by atoms with Gasteiger partial charge in [0.05, 0.1) is 6.57 Å². The Morgan fingerprint density at radius 1 is 0.495 bits per heavy atom. The van der Waals surface area contributed by atoms with Crippen molar-refractivity contribution in [1.82, 2.24) is 9.55 Å². The van der Waals surface area contributed by atoms with Crippen molar-refractivity contribution in [2.75, 3.05) is 9.80 Å². The molecular formula is C87H88N5O2Pt-3. The number of pyridine rings is 1. The maximum absolute atomic E-state index is 8.04. The molecule has 486 valence electrons. The minimum atomic E-state index is -0.142. The van der Waals surface area contributed by atoms with Crippen LogP contribution in [0.4, 0.5) is 28.4 Å². The number of ether oxygens (including phenoxy) is 1. The topological polar surface area (TPSA) is 51.0 Å². The van der Waals surface area contributed by atoms with Crippen LogP contribution in [0.1, 0.15) is 182 Å². The van der Waals surface area contributed by atoms with E-state index < -0.39 is 0 Å². The van der Waals surface area contributed by atoms with E-state index in [1.54, 1.807) is 0 Å². The van der Waals surface area contributed by atoms with Crippen LogP contribution in [-0.4, -0.2) is 9.55 Å². The predicted octanol–water partition coefficient (Wildman–Crippen LogP) is 25.2. The summed E-state index contributed by atoms with van der Waals surface area (Å²) in [6, 6.07) is 67.7. The molecule has 95 heavy (non-hydrogen) atoms. The monoisotopic (exact) mass is 1430 g/mol. The maximum atomic E-state index is 8.04. The van der Waals surface area contributed by atoms with Crippen molar-refractivity contribution in [1.29, 1.82) is 0 Å². The summed E-state index contributed by atoms with van der Waals surface area (Å²) in [4.78, 5) is 13.7. The molecule has 0 radical (unpaired) electrons. The molecule has 1 aliphatic heterocycles. The summed E-state index contributed by atoms with van der Waals surface area (Å²) < 4.78 is 16.3. The molecule has 0 spiro atoms. The van der Waals surface area contributed by atoms with E-state index in [9.17, 15) is 0 Å². The summed E-state index contributed by atoms with van der Waals surface area (Å²) in [6.45, 7) is 54.0. The second-order valence-electron chi connectivity index (χ2n) is 31.8. The molecule has 13 rings (SSSR count). The number of anilines is 4. The Balaban J connectivity index is 0.00000864. The molecule has 0 saturated carbocycles. The summed E-state index contributed by atoms with van der Waals surface area (Å²) >= 11 is 0. The zero-order valence-corrected chi connectivity index (χ0v) is 61.0. The zero-order valence-electron chi connectivity index (χ0n) is 58.8. The minimum absolute atomic E-state index is 0. The number of para-hydroxylation sites is 4. The first-order valence-corrected chi connectivity index (χ1v) is 33.4. The van der Waals surface area contributed by atoms with Crippen LogP contribution in [0.3, 0.4) is 0 Å². The average Bonchev–Trinajstić information content (AvgIpc) is 1.58. The van der Waals surface area contributed by atoms with Crippen LogP contribution in [-0.2, 0) is 48.1 Å². The number of aromatic nitrogens is 2. The van der Waals surface area contributed by atoms with Gasteiger partial charge in [-0.25, -0.2) is 9.83 Å². The van der Waals surface area contributed by atoms with Gasteiger partial charge in [0.25, 0.3) is 0 Å². The fourth-order valence-corrected chi connectivity index (χ4v) is 13.5. The summed E-state index contributed by atoms with van der Waals surface area (Å²) in [5.41, 5.74) is 22.7. The van der Waals surface area contributed by atoms with E-state index in [1.165, 1.54) is 50.1 Å². The SMILES string of the molecule is [C-]#[N+]c1cccc2c1oc1c2ccc2c1c1ccc(Oc3[c-]c(N4[CH-]N(c5c(-c6cc(C(C)(C)C)cc(C(C)(C)C)c6)cccc5-c5cc(C(C)(C)C)cc(C(C)(C)C)c5)c5ccccc54)cc(-c4c(C(C)C)cccc4C(C)C)c3)[c-]c1n2-c1cc(C(C)(C)C)ccn1.[Pt]. The van der Waals surface area contributed by atoms with Crippen LogP contribution in [0.25, 0.3) is 87.8 Å². The van der Waals surface area contributed by atoms with E-state index in [0.29, 0.717) is 28.4 Å². The van der Waals surface area contributed by atoms with E-state index in [0.717, 1.165) is 83.4 Å². The van der Waals surface area contributed by atoms with Crippen LogP contribution in [0.5, 0.6) is 11.5 Å². The van der Waals surface area contributed by atoms with Gasteiger partial charge >= 0.3 is 0 Å². The Hall–Kier alpha value is -8.69. The third-order valence-corrected chi connectivity index (χ3v) is 19.0. The quantitative estimate of drug-likeness (QED) is 0.128. The van der Waals surface area contributed by atoms with Gasteiger partial charge < -0.3 is 23.5 Å². The van der Waals surface area contributed by atoms with Crippen molar-refractivity contribution in [2.24, 2.45) is 0 Å². The summed E-state index contributed by atoms with van der Waals surface area (Å²) in [5, 5.41) is 3.68. The summed E-state index contributed by atoms with van der Waals surface area (Å²) in [6.07, 6.45) is 1.90. The van der Waals surface area contributed by atoms with E-state index in [1.807, 2.05) is 30.5 Å². The van der Waals surface area contributed by atoms with Gasteiger partial charge in [0.2, 0.25) is 5.69 Å². The van der Waals surface area contributed by atoms with Crippen molar-refractivity contribution in [2.45, 2.75) is 170 Å². The van der Waals surface area contributed by atoms with Crippen LogP contribution in [0.2, 0.25) is 0 Å². The van der Waals surface area contributed by atoms with E-state index >= 15 is 0 Å². The number of benzene rings is 9. The average molecular weight is 1430 g/mol. The third-order valence-electron chi connectivity index (χ3n) is 19.0. The Morgan fingerprint density at radius 3 is 1.57 bits per heavy atom. The molecule has 0 bridgehead atoms. The Labute approximate surface area is 578 Å². The number of nitrogens with zero attached hydrogens (tertiary/aromatic N) is 5. The van der Waals surface area contributed by atoms with Crippen LogP contribution < -0.4 is 14.5 Å². The van der Waals surface area contributed by atoms with Crippen molar-refractivity contribution in [3.63, 3.8) is 0 Å². The molecule has 12 aromatic rings. The Morgan fingerprint density at radius 2 is 1.02 bits per heavy atom. The van der Waals surface area contributed by atoms with Gasteiger partial charge in [-0.3, -0.25) is 0 Å². The van der Waals surface area contributed by atoms with Gasteiger partial charge in [-0.2, -0.15) is 6.07 Å². The molecule has 0 N–H and O–H groups in total. The number of hydrogen-bond donors (Lipinski definition) is 0. The normalized spacial score (nSPS) is 13.2. The van der Waals surface area contributed by atoms with Crippen LogP contribution in [0.15, 0.2) is 174 Å². The number of fused-ring (bicyclic) bond motifs is 8. The smallest absolute Gasteiger partial charge is 0.229 e. The standard InChI is InChI=1S/C87H88N5O2.Pt/c1-52(2)65-26-23-27-66(53(3)4)78(65)56-44-62(49-64(45-56)93-63-34-35-71-76(50-63)92(77-48-57(38-39-89-77)83(5,6)7)75-37-36-70-69-30-25-31-72(88-20)81(69)94-82(70)79(71)75)90-51-91(74-33-22-21-32-73(74)90)80-67(54-40-58(84(8,9)10)46-59(41-54)85(11,12)13)28-24-29-68(80)55-42-60(86(14,15)16)47-61(43-55)87(17,18)19;/h21-48,51-53H,1-19H3;/q-3;. The fourth-order valence-electron chi connectivity index (χ4n) is 13.5. The number of furan rings is 1. The van der Waals surface area contributed by atoms with E-state index in [4.69, 9.17) is 20.7 Å². The minimum Gasteiger partial charge on any atom is -0.509 e. The van der Waals surface area contributed by atoms with Gasteiger partial charge in [-0.05, 0) is 136 Å². The first-order valence-electron chi connectivity index (χ1n) is 33.4. The molecule has 0 aliphatic carbocycles. The molecule has 0 unspecified atom stereocenters. The van der Waals surface area contributed by atoms with Gasteiger partial charge in [0.15, 0.2) is 0 Å². The molecule has 0 saturated heterocycles. The van der Waals surface area contributed by atoms with Gasteiger partial charge in [0, 0.05) is 83.2 Å². The van der Waals surface area contributed by atoms with Gasteiger partial charge in [-0.1, -0.05) is 246 Å². The molecule has 0 amide bonds. The van der Waals surface area contributed by atoms with Gasteiger partial charge in [-0.15, -0.1) is 48.3 Å². The Kier molecular flexibility index (Phi) is 16.9. The molecule has 0 atom stereocenters. The van der Waals surface area contributed by atoms with Crippen molar-refractivity contribution in [3.8, 4) is 50.7 Å². The Bertz CT molecular complexity index is 4850. The molecule has 9 aromatic carbocycles. The fraction of sp³-hybridized carbons (Fsp3) is 0.299.